The van der Waals surface area contributed by atoms with Gasteiger partial charge < -0.3 is 4.74 Å². The fourth-order valence-electron chi connectivity index (χ4n) is 0.884. The molecule has 0 bridgehead atoms. The van der Waals surface area contributed by atoms with Gasteiger partial charge in [-0.2, -0.15) is 0 Å². The van der Waals surface area contributed by atoms with Crippen LogP contribution in [0.25, 0.3) is 0 Å². The van der Waals surface area contributed by atoms with Crippen molar-refractivity contribution >= 4 is 11.8 Å². The summed E-state index contributed by atoms with van der Waals surface area (Å²) >= 11 is 1.69. The molecular formula is C12H14OS. The number of ether oxygens (including phenoxy) is 1. The molecule has 0 N–H and O–H groups in total. The quantitative estimate of drug-likeness (QED) is 0.400. The largest absolute Gasteiger partial charge is 0.373 e. The third kappa shape index (κ3) is 4.90. The first-order valence-corrected chi connectivity index (χ1v) is 5.37. The van der Waals surface area contributed by atoms with Crippen LogP contribution in [0.4, 0.5) is 0 Å². The summed E-state index contributed by atoms with van der Waals surface area (Å²) < 4.78 is 5.20. The molecule has 0 fully saturated rings. The maximum atomic E-state index is 5.20. The highest BCUT2D eigenvalue weighted by Crippen LogP contribution is 2.17. The molecule has 0 atom stereocenters. The first kappa shape index (κ1) is 11.1. The van der Waals surface area contributed by atoms with Gasteiger partial charge in [-0.15, -0.1) is 6.58 Å². The number of hydrogen-bond acceptors (Lipinski definition) is 2. The molecule has 0 saturated heterocycles. The Morgan fingerprint density at radius 1 is 1.21 bits per heavy atom. The van der Waals surface area contributed by atoms with E-state index in [2.05, 4.69) is 18.7 Å². The molecule has 1 aromatic rings. The van der Waals surface area contributed by atoms with Gasteiger partial charge in [-0.1, -0.05) is 42.1 Å². The van der Waals surface area contributed by atoms with Crippen LogP contribution in [0.3, 0.4) is 0 Å². The van der Waals surface area contributed by atoms with E-state index >= 15 is 0 Å². The van der Waals surface area contributed by atoms with E-state index in [-0.39, 0.29) is 0 Å². The van der Waals surface area contributed by atoms with Crippen LogP contribution in [0.5, 0.6) is 0 Å². The second-order valence-electron chi connectivity index (χ2n) is 2.63. The first-order valence-electron chi connectivity index (χ1n) is 4.49. The second-order valence-corrected chi connectivity index (χ2v) is 3.61. The molecule has 0 amide bonds. The van der Waals surface area contributed by atoms with E-state index < -0.39 is 0 Å². The van der Waals surface area contributed by atoms with Crippen LogP contribution in [0, 0.1) is 0 Å². The minimum absolute atomic E-state index is 0.611. The van der Waals surface area contributed by atoms with Crippen molar-refractivity contribution in [1.29, 1.82) is 0 Å². The maximum absolute atomic E-state index is 5.20. The normalized spacial score (nSPS) is 10.6. The molecule has 0 heterocycles. The number of thioether (sulfide) groups is 1. The minimum atomic E-state index is 0.611. The Balaban J connectivity index is 2.17. The van der Waals surface area contributed by atoms with Crippen molar-refractivity contribution in [1.82, 2.24) is 0 Å². The summed E-state index contributed by atoms with van der Waals surface area (Å²) in [6.07, 6.45) is 3.75. The summed E-state index contributed by atoms with van der Waals surface area (Å²) in [4.78, 5) is 1.24. The topological polar surface area (TPSA) is 9.23 Å². The Kier molecular flexibility index (Phi) is 5.87. The Morgan fingerprint density at radius 3 is 2.71 bits per heavy atom. The van der Waals surface area contributed by atoms with Crippen LogP contribution in [-0.4, -0.2) is 13.2 Å². The molecule has 0 aliphatic carbocycles. The Hall–Kier alpha value is -0.990. The molecule has 14 heavy (non-hydrogen) atoms. The van der Waals surface area contributed by atoms with Crippen LogP contribution in [0.15, 0.2) is 59.4 Å². The highest BCUT2D eigenvalue weighted by atomic mass is 32.2. The standard InChI is InChI=1S/C12H14OS/c1-2-9-13-10-6-11-14-12-7-4-3-5-8-12/h2-8,11H,1,9-10H2. The maximum Gasteiger partial charge on any atom is 0.0659 e. The SMILES string of the molecule is C=CCOCC=CSc1ccccc1. The lowest BCUT2D eigenvalue weighted by molar-refractivity contribution is 0.194. The van der Waals surface area contributed by atoms with E-state index in [1.165, 1.54) is 4.90 Å². The van der Waals surface area contributed by atoms with E-state index in [4.69, 9.17) is 4.74 Å². The monoisotopic (exact) mass is 206 g/mol. The van der Waals surface area contributed by atoms with Gasteiger partial charge in [0.25, 0.3) is 0 Å². The zero-order chi connectivity index (χ0) is 10.1. The van der Waals surface area contributed by atoms with E-state index in [1.54, 1.807) is 17.8 Å². The molecule has 0 spiro atoms. The fraction of sp³-hybridized carbons (Fsp3) is 0.167. The Labute approximate surface area is 89.5 Å². The smallest absolute Gasteiger partial charge is 0.0659 e. The number of rotatable bonds is 6. The van der Waals surface area contributed by atoms with Gasteiger partial charge in [0, 0.05) is 4.90 Å². The van der Waals surface area contributed by atoms with Crippen molar-refractivity contribution in [3.8, 4) is 0 Å². The van der Waals surface area contributed by atoms with E-state index in [1.807, 2.05) is 29.7 Å². The van der Waals surface area contributed by atoms with Crippen LogP contribution in [0.1, 0.15) is 0 Å². The number of benzene rings is 1. The average Bonchev–Trinajstić information content (AvgIpc) is 2.25. The van der Waals surface area contributed by atoms with Gasteiger partial charge in [-0.05, 0) is 17.5 Å². The summed E-state index contributed by atoms with van der Waals surface area (Å²) in [5.74, 6) is 0. The van der Waals surface area contributed by atoms with Gasteiger partial charge in [0.05, 0.1) is 13.2 Å². The lowest BCUT2D eigenvalue weighted by atomic mass is 10.4. The molecule has 1 aromatic carbocycles. The van der Waals surface area contributed by atoms with Gasteiger partial charge >= 0.3 is 0 Å². The minimum Gasteiger partial charge on any atom is -0.373 e. The zero-order valence-electron chi connectivity index (χ0n) is 8.06. The molecule has 0 aliphatic rings. The molecule has 0 radical (unpaired) electrons. The van der Waals surface area contributed by atoms with Gasteiger partial charge in [-0.25, -0.2) is 0 Å². The van der Waals surface area contributed by atoms with Gasteiger partial charge in [0.2, 0.25) is 0 Å². The summed E-state index contributed by atoms with van der Waals surface area (Å²) in [6, 6.07) is 10.2. The Bertz CT molecular complexity index is 280. The van der Waals surface area contributed by atoms with Gasteiger partial charge in [0.1, 0.15) is 0 Å². The van der Waals surface area contributed by atoms with Crippen LogP contribution < -0.4 is 0 Å². The van der Waals surface area contributed by atoms with E-state index in [0.717, 1.165) is 0 Å². The third-order valence-corrected chi connectivity index (χ3v) is 2.37. The van der Waals surface area contributed by atoms with Crippen molar-refractivity contribution in [2.24, 2.45) is 0 Å². The molecule has 1 rings (SSSR count). The summed E-state index contributed by atoms with van der Waals surface area (Å²) in [7, 11) is 0. The van der Waals surface area contributed by atoms with Crippen molar-refractivity contribution in [3.63, 3.8) is 0 Å². The van der Waals surface area contributed by atoms with Crippen LogP contribution >= 0.6 is 11.8 Å². The predicted octanol–water partition coefficient (Wildman–Crippen LogP) is 3.50. The highest BCUT2D eigenvalue weighted by molar-refractivity contribution is 8.02. The average molecular weight is 206 g/mol. The number of hydrogen-bond donors (Lipinski definition) is 0. The predicted molar refractivity (Wildman–Crippen MR) is 62.5 cm³/mol. The Morgan fingerprint density at radius 2 is 2.00 bits per heavy atom. The molecular weight excluding hydrogens is 192 g/mol. The second kappa shape index (κ2) is 7.42. The van der Waals surface area contributed by atoms with Crippen molar-refractivity contribution in [2.75, 3.05) is 13.2 Å². The highest BCUT2D eigenvalue weighted by Gasteiger charge is 1.85. The van der Waals surface area contributed by atoms with Gasteiger partial charge in [0.15, 0.2) is 0 Å². The molecule has 74 valence electrons. The lowest BCUT2D eigenvalue weighted by Crippen LogP contribution is -1.88. The molecule has 2 heteroatoms. The summed E-state index contributed by atoms with van der Waals surface area (Å²) in [5, 5.41) is 2.04. The van der Waals surface area contributed by atoms with Crippen molar-refractivity contribution in [2.45, 2.75) is 4.90 Å². The summed E-state index contributed by atoms with van der Waals surface area (Å²) in [5.41, 5.74) is 0. The van der Waals surface area contributed by atoms with Crippen molar-refractivity contribution < 1.29 is 4.74 Å². The molecule has 0 aliphatic heterocycles. The molecule has 0 saturated carbocycles. The van der Waals surface area contributed by atoms with E-state index in [0.29, 0.717) is 13.2 Å². The summed E-state index contributed by atoms with van der Waals surface area (Å²) in [6.45, 7) is 4.83. The molecule has 1 nitrogen and oxygen atoms in total. The fourth-order valence-corrected chi connectivity index (χ4v) is 1.53. The van der Waals surface area contributed by atoms with E-state index in [9.17, 15) is 0 Å². The van der Waals surface area contributed by atoms with Crippen LogP contribution in [-0.2, 0) is 4.74 Å². The first-order chi connectivity index (χ1) is 6.93. The zero-order valence-corrected chi connectivity index (χ0v) is 8.87. The van der Waals surface area contributed by atoms with Gasteiger partial charge in [-0.3, -0.25) is 0 Å². The van der Waals surface area contributed by atoms with Crippen molar-refractivity contribution in [3.05, 3.63) is 54.5 Å². The molecule has 0 unspecified atom stereocenters. The van der Waals surface area contributed by atoms with Crippen LogP contribution in [0.2, 0.25) is 0 Å². The third-order valence-electron chi connectivity index (χ3n) is 1.49. The molecule has 0 aromatic heterocycles. The lowest BCUT2D eigenvalue weighted by Gasteiger charge is -1.95.